The lowest BCUT2D eigenvalue weighted by atomic mass is 9.95. The smallest absolute Gasteiger partial charge is 0.257 e. The van der Waals surface area contributed by atoms with Crippen molar-refractivity contribution in [1.29, 1.82) is 5.26 Å². The van der Waals surface area contributed by atoms with Crippen molar-refractivity contribution in [3.63, 3.8) is 0 Å². The molecule has 0 bridgehead atoms. The average molecular weight is 536 g/mol. The van der Waals surface area contributed by atoms with E-state index in [1.165, 1.54) is 35.6 Å². The maximum absolute atomic E-state index is 14.6. The normalized spacial score (nSPS) is 13.6. The van der Waals surface area contributed by atoms with Crippen LogP contribution in [0.4, 0.5) is 15.2 Å². The van der Waals surface area contributed by atoms with Crippen LogP contribution >= 0.6 is 22.9 Å². The van der Waals surface area contributed by atoms with Gasteiger partial charge in [-0.15, -0.1) is 0 Å². The van der Waals surface area contributed by atoms with E-state index in [0.29, 0.717) is 40.3 Å². The molecule has 2 heterocycles. The molecule has 8 nitrogen and oxygen atoms in total. The molecule has 2 aromatic heterocycles. The first-order valence-corrected chi connectivity index (χ1v) is 12.6. The third-order valence-corrected chi connectivity index (χ3v) is 7.22. The van der Waals surface area contributed by atoms with E-state index in [-0.39, 0.29) is 33.8 Å². The van der Waals surface area contributed by atoms with E-state index in [0.717, 1.165) is 0 Å². The summed E-state index contributed by atoms with van der Waals surface area (Å²) in [6, 6.07) is 14.4. The summed E-state index contributed by atoms with van der Waals surface area (Å²) in [6.07, 6.45) is 1.69. The van der Waals surface area contributed by atoms with Crippen molar-refractivity contribution >= 4 is 55.9 Å². The lowest BCUT2D eigenvalue weighted by molar-refractivity contribution is -0.115. The van der Waals surface area contributed by atoms with Gasteiger partial charge in [-0.25, -0.2) is 14.4 Å². The lowest BCUT2D eigenvalue weighted by Gasteiger charge is -2.14. The number of fused-ring (bicyclic) bond motifs is 1. The number of benzene rings is 2. The highest BCUT2D eigenvalue weighted by atomic mass is 35.5. The van der Waals surface area contributed by atoms with Crippen LogP contribution in [0.2, 0.25) is 5.02 Å². The van der Waals surface area contributed by atoms with Gasteiger partial charge in [-0.1, -0.05) is 42.0 Å². The maximum Gasteiger partial charge on any atom is 0.257 e. The molecule has 0 atom stereocenters. The van der Waals surface area contributed by atoms with Gasteiger partial charge in [0.1, 0.15) is 21.9 Å². The molecule has 0 radical (unpaired) electrons. The Balaban J connectivity index is 1.35. The Kier molecular flexibility index (Phi) is 6.50. The van der Waals surface area contributed by atoms with Crippen LogP contribution in [0.1, 0.15) is 42.1 Å². The molecule has 1 aliphatic carbocycles. The summed E-state index contributed by atoms with van der Waals surface area (Å²) in [6.45, 7) is 1.75. The lowest BCUT2D eigenvalue weighted by Crippen LogP contribution is -2.15. The number of amides is 2. The average Bonchev–Trinajstić information content (AvgIpc) is 3.58. The highest BCUT2D eigenvalue weighted by Crippen LogP contribution is 2.50. The molecule has 0 spiro atoms. The third kappa shape index (κ3) is 4.96. The number of nitriles is 1. The van der Waals surface area contributed by atoms with Crippen LogP contribution < -0.4 is 15.4 Å². The fraction of sp³-hybridized carbons (Fsp3) is 0.192. The molecule has 4 aromatic rings. The summed E-state index contributed by atoms with van der Waals surface area (Å²) in [5.41, 5.74) is 0.577. The molecule has 0 unspecified atom stereocenters. The minimum atomic E-state index is -0.666. The van der Waals surface area contributed by atoms with Crippen molar-refractivity contribution in [2.24, 2.45) is 0 Å². The van der Waals surface area contributed by atoms with Crippen molar-refractivity contribution < 1.29 is 18.7 Å². The van der Waals surface area contributed by atoms with Crippen LogP contribution in [0.25, 0.3) is 10.3 Å². The van der Waals surface area contributed by atoms with Gasteiger partial charge in [0.2, 0.25) is 11.8 Å². The molecule has 186 valence electrons. The van der Waals surface area contributed by atoms with Gasteiger partial charge >= 0.3 is 0 Å². The van der Waals surface area contributed by atoms with Gasteiger partial charge in [-0.2, -0.15) is 5.26 Å². The number of pyridine rings is 1. The molecule has 2 amide bonds. The maximum atomic E-state index is 14.6. The van der Waals surface area contributed by atoms with Crippen LogP contribution in [0, 0.1) is 17.1 Å². The van der Waals surface area contributed by atoms with E-state index in [1.54, 1.807) is 31.2 Å². The largest absolute Gasteiger partial charge is 0.439 e. The molecule has 1 aliphatic rings. The number of hydrogen-bond acceptors (Lipinski definition) is 7. The molecule has 0 saturated heterocycles. The second-order valence-electron chi connectivity index (χ2n) is 8.45. The SMILES string of the molecule is CCC(=O)Nc1nc2ccc(Oc3ccc(F)c(NC(=O)c4cccc(C5(C#N)CC5)c4Cl)c3)nc2s1. The molecule has 1 saturated carbocycles. The molecule has 2 N–H and O–H groups in total. The fourth-order valence-corrected chi connectivity index (χ4v) is 4.97. The van der Waals surface area contributed by atoms with Gasteiger partial charge in [-0.05, 0) is 42.7 Å². The zero-order chi connectivity index (χ0) is 26.2. The van der Waals surface area contributed by atoms with E-state index in [4.69, 9.17) is 16.3 Å². The molecular formula is C26H19ClFN5O3S. The van der Waals surface area contributed by atoms with Gasteiger partial charge in [0.05, 0.1) is 27.8 Å². The monoisotopic (exact) mass is 535 g/mol. The number of anilines is 2. The van der Waals surface area contributed by atoms with Gasteiger partial charge in [0, 0.05) is 18.6 Å². The summed E-state index contributed by atoms with van der Waals surface area (Å²) >= 11 is 7.67. The zero-order valence-electron chi connectivity index (χ0n) is 19.5. The van der Waals surface area contributed by atoms with Gasteiger partial charge in [0.25, 0.3) is 5.91 Å². The quantitative estimate of drug-likeness (QED) is 0.281. The van der Waals surface area contributed by atoms with E-state index in [9.17, 15) is 19.2 Å². The Labute approximate surface area is 220 Å². The van der Waals surface area contributed by atoms with E-state index < -0.39 is 17.1 Å². The van der Waals surface area contributed by atoms with Gasteiger partial charge < -0.3 is 15.4 Å². The van der Waals surface area contributed by atoms with Crippen LogP contribution in [0.5, 0.6) is 11.6 Å². The summed E-state index contributed by atoms with van der Waals surface area (Å²) in [5.74, 6) is -0.945. The zero-order valence-corrected chi connectivity index (χ0v) is 21.0. The molecule has 5 rings (SSSR count). The van der Waals surface area contributed by atoms with Crippen molar-refractivity contribution in [2.45, 2.75) is 31.6 Å². The van der Waals surface area contributed by atoms with Crippen molar-refractivity contribution in [2.75, 3.05) is 10.6 Å². The standard InChI is InChI=1S/C26H19ClFN5O3S/c1-2-20(34)32-25-31-18-8-9-21(33-24(18)37-25)36-14-6-7-17(28)19(12-14)30-23(35)15-4-3-5-16(22(15)27)26(13-29)10-11-26/h3-9,12H,2,10-11H2,1H3,(H,30,35)(H,31,32,34). The molecular weight excluding hydrogens is 517 g/mol. The predicted octanol–water partition coefficient (Wildman–Crippen LogP) is 6.43. The van der Waals surface area contributed by atoms with Gasteiger partial charge in [0.15, 0.2) is 5.13 Å². The van der Waals surface area contributed by atoms with Crippen molar-refractivity contribution in [3.8, 4) is 17.7 Å². The summed E-state index contributed by atoms with van der Waals surface area (Å²) in [4.78, 5) is 33.8. The number of rotatable bonds is 7. The molecule has 0 aliphatic heterocycles. The predicted molar refractivity (Wildman–Crippen MR) is 139 cm³/mol. The second kappa shape index (κ2) is 9.76. The topological polar surface area (TPSA) is 117 Å². The number of hydrogen-bond donors (Lipinski definition) is 2. The number of ether oxygens (including phenoxy) is 1. The highest BCUT2D eigenvalue weighted by Gasteiger charge is 2.46. The number of carbonyl (C=O) groups is 2. The van der Waals surface area contributed by atoms with Crippen LogP contribution in [-0.4, -0.2) is 21.8 Å². The van der Waals surface area contributed by atoms with E-state index in [2.05, 4.69) is 26.7 Å². The van der Waals surface area contributed by atoms with Crippen molar-refractivity contribution in [3.05, 3.63) is 70.5 Å². The number of thiazole rings is 1. The first-order valence-electron chi connectivity index (χ1n) is 11.4. The molecule has 1 fully saturated rings. The molecule has 37 heavy (non-hydrogen) atoms. The third-order valence-electron chi connectivity index (χ3n) is 5.93. The van der Waals surface area contributed by atoms with Crippen LogP contribution in [-0.2, 0) is 10.2 Å². The number of halogens is 2. The van der Waals surface area contributed by atoms with Gasteiger partial charge in [-0.3, -0.25) is 9.59 Å². The van der Waals surface area contributed by atoms with E-state index in [1.807, 2.05) is 0 Å². The first kappa shape index (κ1) is 24.6. The fourth-order valence-electron chi connectivity index (χ4n) is 3.74. The number of nitrogens with one attached hydrogen (secondary N) is 2. The van der Waals surface area contributed by atoms with Crippen LogP contribution in [0.3, 0.4) is 0 Å². The summed E-state index contributed by atoms with van der Waals surface area (Å²) in [5, 5.41) is 15.3. The summed E-state index contributed by atoms with van der Waals surface area (Å²) < 4.78 is 20.4. The molecule has 2 aromatic carbocycles. The van der Waals surface area contributed by atoms with Crippen LogP contribution in [0.15, 0.2) is 48.5 Å². The highest BCUT2D eigenvalue weighted by molar-refractivity contribution is 7.21. The minimum Gasteiger partial charge on any atom is -0.439 e. The molecule has 11 heteroatoms. The Morgan fingerprint density at radius 1 is 1.19 bits per heavy atom. The Bertz CT molecular complexity index is 1600. The Hall–Kier alpha value is -4.07. The van der Waals surface area contributed by atoms with Crippen molar-refractivity contribution in [1.82, 2.24) is 9.97 Å². The summed E-state index contributed by atoms with van der Waals surface area (Å²) in [7, 11) is 0. The Morgan fingerprint density at radius 2 is 2.00 bits per heavy atom. The number of aromatic nitrogens is 2. The Morgan fingerprint density at radius 3 is 2.73 bits per heavy atom. The first-order chi connectivity index (χ1) is 17.8. The number of nitrogens with zero attached hydrogens (tertiary/aromatic N) is 3. The van der Waals surface area contributed by atoms with E-state index >= 15 is 0 Å². The minimum absolute atomic E-state index is 0.103. The number of carbonyl (C=O) groups excluding carboxylic acids is 2. The second-order valence-corrected chi connectivity index (χ2v) is 9.81.